The van der Waals surface area contributed by atoms with Gasteiger partial charge in [0.25, 0.3) is 0 Å². The lowest BCUT2D eigenvalue weighted by molar-refractivity contribution is 0.210. The summed E-state index contributed by atoms with van der Waals surface area (Å²) in [6, 6.07) is 14.3. The molecule has 1 heterocycles. The summed E-state index contributed by atoms with van der Waals surface area (Å²) >= 11 is 1.64. The molecule has 1 unspecified atom stereocenters. The SMILES string of the molecule is C=CCn1c(SCc2ccccc2C)nnc1C(C)Oc1ccc(F)cc1. The zero-order valence-corrected chi connectivity index (χ0v) is 16.2. The van der Waals surface area contributed by atoms with Crippen molar-refractivity contribution in [2.24, 2.45) is 0 Å². The smallest absolute Gasteiger partial charge is 0.191 e. The molecule has 27 heavy (non-hydrogen) atoms. The van der Waals surface area contributed by atoms with Gasteiger partial charge in [0.05, 0.1) is 0 Å². The van der Waals surface area contributed by atoms with E-state index in [1.165, 1.54) is 23.3 Å². The van der Waals surface area contributed by atoms with E-state index in [-0.39, 0.29) is 11.9 Å². The molecule has 3 rings (SSSR count). The van der Waals surface area contributed by atoms with Crippen molar-refractivity contribution in [3.05, 3.63) is 84.0 Å². The number of benzene rings is 2. The number of rotatable bonds is 8. The molecular weight excluding hydrogens is 361 g/mol. The number of halogens is 1. The first-order valence-corrected chi connectivity index (χ1v) is 9.70. The van der Waals surface area contributed by atoms with Gasteiger partial charge in [0.15, 0.2) is 17.1 Å². The Morgan fingerprint density at radius 1 is 1.19 bits per heavy atom. The topological polar surface area (TPSA) is 39.9 Å². The summed E-state index contributed by atoms with van der Waals surface area (Å²) in [7, 11) is 0. The van der Waals surface area contributed by atoms with E-state index >= 15 is 0 Å². The van der Waals surface area contributed by atoms with Gasteiger partial charge in [0, 0.05) is 12.3 Å². The van der Waals surface area contributed by atoms with Gasteiger partial charge < -0.3 is 4.74 Å². The third-order valence-corrected chi connectivity index (χ3v) is 5.18. The second-order valence-corrected chi connectivity index (χ2v) is 7.11. The van der Waals surface area contributed by atoms with E-state index in [1.54, 1.807) is 23.9 Å². The summed E-state index contributed by atoms with van der Waals surface area (Å²) in [5.74, 6) is 1.83. The molecule has 0 saturated heterocycles. The number of hydrogen-bond donors (Lipinski definition) is 0. The fourth-order valence-electron chi connectivity index (χ4n) is 2.69. The maximum absolute atomic E-state index is 13.1. The molecule has 1 aromatic heterocycles. The zero-order chi connectivity index (χ0) is 19.2. The number of thioether (sulfide) groups is 1. The normalized spacial score (nSPS) is 12.0. The minimum absolute atomic E-state index is 0.292. The van der Waals surface area contributed by atoms with Gasteiger partial charge in [-0.25, -0.2) is 4.39 Å². The molecule has 3 aromatic rings. The number of hydrogen-bond acceptors (Lipinski definition) is 4. The van der Waals surface area contributed by atoms with Crippen molar-refractivity contribution in [1.29, 1.82) is 0 Å². The molecule has 0 radical (unpaired) electrons. The molecule has 0 aliphatic rings. The van der Waals surface area contributed by atoms with Crippen molar-refractivity contribution in [3.8, 4) is 5.75 Å². The number of allylic oxidation sites excluding steroid dienone is 1. The van der Waals surface area contributed by atoms with Gasteiger partial charge in [0.2, 0.25) is 0 Å². The van der Waals surface area contributed by atoms with E-state index in [9.17, 15) is 4.39 Å². The summed E-state index contributed by atoms with van der Waals surface area (Å²) in [5, 5.41) is 9.49. The van der Waals surface area contributed by atoms with Gasteiger partial charge in [-0.2, -0.15) is 0 Å². The Kier molecular flexibility index (Phi) is 6.29. The molecule has 0 bridgehead atoms. The Hall–Kier alpha value is -2.60. The van der Waals surface area contributed by atoms with Gasteiger partial charge in [-0.05, 0) is 49.2 Å². The fourth-order valence-corrected chi connectivity index (χ4v) is 3.72. The van der Waals surface area contributed by atoms with Crippen LogP contribution in [0.15, 0.2) is 66.3 Å². The van der Waals surface area contributed by atoms with Crippen molar-refractivity contribution in [1.82, 2.24) is 14.8 Å². The molecule has 0 saturated carbocycles. The molecule has 0 spiro atoms. The van der Waals surface area contributed by atoms with Crippen LogP contribution in [0.5, 0.6) is 5.75 Å². The third-order valence-electron chi connectivity index (χ3n) is 4.17. The lowest BCUT2D eigenvalue weighted by Crippen LogP contribution is -2.12. The molecule has 0 amide bonds. The minimum atomic E-state index is -0.323. The molecule has 140 valence electrons. The largest absolute Gasteiger partial charge is 0.483 e. The van der Waals surface area contributed by atoms with E-state index in [1.807, 2.05) is 29.7 Å². The quantitative estimate of drug-likeness (QED) is 0.389. The highest BCUT2D eigenvalue weighted by Gasteiger charge is 2.19. The van der Waals surface area contributed by atoms with Crippen molar-refractivity contribution in [3.63, 3.8) is 0 Å². The Bertz CT molecular complexity index is 908. The van der Waals surface area contributed by atoms with E-state index in [0.717, 1.165) is 10.9 Å². The van der Waals surface area contributed by atoms with Crippen LogP contribution < -0.4 is 4.74 Å². The highest BCUT2D eigenvalue weighted by Crippen LogP contribution is 2.27. The Labute approximate surface area is 163 Å². The van der Waals surface area contributed by atoms with Gasteiger partial charge in [-0.1, -0.05) is 42.1 Å². The van der Waals surface area contributed by atoms with E-state index in [2.05, 4.69) is 35.8 Å². The first-order valence-electron chi connectivity index (χ1n) is 8.72. The van der Waals surface area contributed by atoms with Gasteiger partial charge in [0.1, 0.15) is 11.6 Å². The monoisotopic (exact) mass is 383 g/mol. The summed E-state index contributed by atoms with van der Waals surface area (Å²) in [6.45, 7) is 8.44. The van der Waals surface area contributed by atoms with Gasteiger partial charge >= 0.3 is 0 Å². The average molecular weight is 383 g/mol. The van der Waals surface area contributed by atoms with Crippen molar-refractivity contribution < 1.29 is 9.13 Å². The second kappa shape index (κ2) is 8.86. The predicted molar refractivity (Wildman–Crippen MR) is 106 cm³/mol. The van der Waals surface area contributed by atoms with Crippen molar-refractivity contribution in [2.45, 2.75) is 37.4 Å². The molecule has 4 nitrogen and oxygen atoms in total. The Balaban J connectivity index is 1.76. The first kappa shape index (κ1) is 19.2. The lowest BCUT2D eigenvalue weighted by atomic mass is 10.1. The van der Waals surface area contributed by atoms with Crippen LogP contribution >= 0.6 is 11.8 Å². The fraction of sp³-hybridized carbons (Fsp3) is 0.238. The highest BCUT2D eigenvalue weighted by atomic mass is 32.2. The third kappa shape index (κ3) is 4.77. The lowest BCUT2D eigenvalue weighted by Gasteiger charge is -2.15. The minimum Gasteiger partial charge on any atom is -0.483 e. The van der Waals surface area contributed by atoms with Crippen molar-refractivity contribution in [2.75, 3.05) is 0 Å². The number of ether oxygens (including phenoxy) is 1. The van der Waals surface area contributed by atoms with Crippen LogP contribution in [0.25, 0.3) is 0 Å². The molecule has 0 fully saturated rings. The number of nitrogens with zero attached hydrogens (tertiary/aromatic N) is 3. The van der Waals surface area contributed by atoms with E-state index in [4.69, 9.17) is 4.74 Å². The predicted octanol–water partition coefficient (Wildman–Crippen LogP) is 5.34. The van der Waals surface area contributed by atoms with Crippen LogP contribution in [0.4, 0.5) is 4.39 Å². The molecule has 0 N–H and O–H groups in total. The summed E-state index contributed by atoms with van der Waals surface area (Å²) < 4.78 is 21.0. The van der Waals surface area contributed by atoms with Crippen LogP contribution in [0.3, 0.4) is 0 Å². The molecule has 6 heteroatoms. The molecule has 1 atom stereocenters. The molecular formula is C21H22FN3OS. The zero-order valence-electron chi connectivity index (χ0n) is 15.4. The van der Waals surface area contributed by atoms with Crippen LogP contribution in [0, 0.1) is 12.7 Å². The van der Waals surface area contributed by atoms with E-state index < -0.39 is 0 Å². The average Bonchev–Trinajstić information content (AvgIpc) is 3.06. The summed E-state index contributed by atoms with van der Waals surface area (Å²) in [4.78, 5) is 0. The standard InChI is InChI=1S/C21H22FN3OS/c1-4-13-25-20(16(3)26-19-11-9-18(22)10-12-19)23-24-21(25)27-14-17-8-6-5-7-15(17)2/h4-12,16H,1,13-14H2,2-3H3. The van der Waals surface area contributed by atoms with Crippen LogP contribution in [0.2, 0.25) is 0 Å². The van der Waals surface area contributed by atoms with E-state index in [0.29, 0.717) is 18.1 Å². The van der Waals surface area contributed by atoms with Crippen LogP contribution in [-0.4, -0.2) is 14.8 Å². The Morgan fingerprint density at radius 3 is 2.63 bits per heavy atom. The number of aryl methyl sites for hydroxylation is 1. The highest BCUT2D eigenvalue weighted by molar-refractivity contribution is 7.98. The van der Waals surface area contributed by atoms with Crippen molar-refractivity contribution >= 4 is 11.8 Å². The van der Waals surface area contributed by atoms with Crippen LogP contribution in [-0.2, 0) is 12.3 Å². The second-order valence-electron chi connectivity index (χ2n) is 6.17. The maximum atomic E-state index is 13.1. The Morgan fingerprint density at radius 2 is 1.93 bits per heavy atom. The molecule has 0 aliphatic heterocycles. The number of aromatic nitrogens is 3. The van der Waals surface area contributed by atoms with Gasteiger partial charge in [-0.15, -0.1) is 16.8 Å². The summed E-state index contributed by atoms with van der Waals surface area (Å²) in [5.41, 5.74) is 2.53. The maximum Gasteiger partial charge on any atom is 0.191 e. The van der Waals surface area contributed by atoms with Gasteiger partial charge in [-0.3, -0.25) is 4.57 Å². The molecule has 2 aromatic carbocycles. The van der Waals surface area contributed by atoms with Crippen LogP contribution in [0.1, 0.15) is 30.0 Å². The molecule has 0 aliphatic carbocycles. The first-order chi connectivity index (χ1) is 13.1. The summed E-state index contributed by atoms with van der Waals surface area (Å²) in [6.07, 6.45) is 1.49.